The molecular weight excluding hydrogens is 295 g/mol. The van der Waals surface area contributed by atoms with Crippen molar-refractivity contribution < 1.29 is 14.3 Å². The van der Waals surface area contributed by atoms with Gasteiger partial charge in [0, 0.05) is 24.5 Å². The maximum atomic E-state index is 14.0. The van der Waals surface area contributed by atoms with Gasteiger partial charge in [0.25, 0.3) is 5.91 Å². The molecule has 2 rings (SSSR count). The van der Waals surface area contributed by atoms with E-state index < -0.39 is 0 Å². The fourth-order valence-electron chi connectivity index (χ4n) is 2.68. The molecule has 124 valence electrons. The number of amides is 1. The lowest BCUT2D eigenvalue weighted by molar-refractivity contribution is 0.0945. The number of aliphatic hydroxyl groups excluding tert-OH is 1. The Labute approximate surface area is 135 Å². The second kappa shape index (κ2) is 7.42. The van der Waals surface area contributed by atoms with Crippen LogP contribution in [0.2, 0.25) is 0 Å². The molecule has 1 heterocycles. The zero-order valence-corrected chi connectivity index (χ0v) is 13.8. The van der Waals surface area contributed by atoms with Crippen molar-refractivity contribution in [2.24, 2.45) is 5.92 Å². The van der Waals surface area contributed by atoms with Gasteiger partial charge >= 0.3 is 0 Å². The number of hydrogen-bond donors (Lipinski definition) is 2. The third kappa shape index (κ3) is 3.79. The van der Waals surface area contributed by atoms with Crippen LogP contribution in [-0.2, 0) is 0 Å². The van der Waals surface area contributed by atoms with Crippen LogP contribution in [0.15, 0.2) is 30.3 Å². The quantitative estimate of drug-likeness (QED) is 0.860. The molecular formula is C18H23FN2O2. The second-order valence-corrected chi connectivity index (χ2v) is 5.90. The first-order valence-electron chi connectivity index (χ1n) is 7.78. The lowest BCUT2D eigenvalue weighted by atomic mass is 10.1. The number of aromatic nitrogens is 1. The van der Waals surface area contributed by atoms with E-state index in [9.17, 15) is 9.18 Å². The molecule has 2 aromatic rings. The third-order valence-corrected chi connectivity index (χ3v) is 4.00. The van der Waals surface area contributed by atoms with Crippen LogP contribution in [0.1, 0.15) is 35.1 Å². The maximum absolute atomic E-state index is 14.0. The Bertz CT molecular complexity index is 694. The molecule has 2 N–H and O–H groups in total. The Hall–Kier alpha value is -2.14. The Kier molecular flexibility index (Phi) is 5.55. The molecule has 1 unspecified atom stereocenters. The van der Waals surface area contributed by atoms with Crippen molar-refractivity contribution in [1.29, 1.82) is 0 Å². The maximum Gasteiger partial charge on any atom is 0.253 e. The first-order chi connectivity index (χ1) is 11.0. The standard InChI is InChI=1S/C18H23FN2O2/c1-12(8-9-22)11-20-18(23)15-10-13(2)21(14(15)3)17-7-5-4-6-16(17)19/h4-7,10,12,22H,8-9,11H2,1-3H3,(H,20,23). The first-order valence-corrected chi connectivity index (χ1v) is 7.78. The molecule has 0 saturated heterocycles. The summed E-state index contributed by atoms with van der Waals surface area (Å²) < 4.78 is 15.8. The van der Waals surface area contributed by atoms with E-state index in [0.717, 1.165) is 5.69 Å². The van der Waals surface area contributed by atoms with Crippen molar-refractivity contribution in [2.45, 2.75) is 27.2 Å². The van der Waals surface area contributed by atoms with E-state index in [4.69, 9.17) is 5.11 Å². The number of halogens is 1. The minimum atomic E-state index is -0.321. The predicted octanol–water partition coefficient (Wildman–Crippen LogP) is 2.98. The number of carbonyl (C=O) groups excluding carboxylic acids is 1. The minimum absolute atomic E-state index is 0.110. The van der Waals surface area contributed by atoms with Crippen molar-refractivity contribution in [3.63, 3.8) is 0 Å². The van der Waals surface area contributed by atoms with Crippen LogP contribution < -0.4 is 5.32 Å². The molecule has 1 amide bonds. The van der Waals surface area contributed by atoms with Crippen molar-refractivity contribution in [3.05, 3.63) is 53.1 Å². The molecule has 0 aliphatic heterocycles. The lowest BCUT2D eigenvalue weighted by Gasteiger charge is -2.12. The molecule has 0 aliphatic carbocycles. The molecule has 0 saturated carbocycles. The SMILES string of the molecule is Cc1cc(C(=O)NCC(C)CCO)c(C)n1-c1ccccc1F. The summed E-state index contributed by atoms with van der Waals surface area (Å²) in [6, 6.07) is 8.29. The third-order valence-electron chi connectivity index (χ3n) is 4.00. The summed E-state index contributed by atoms with van der Waals surface area (Å²) >= 11 is 0. The Balaban J connectivity index is 2.24. The predicted molar refractivity (Wildman–Crippen MR) is 88.4 cm³/mol. The van der Waals surface area contributed by atoms with E-state index in [1.807, 2.05) is 20.8 Å². The van der Waals surface area contributed by atoms with Gasteiger partial charge in [-0.25, -0.2) is 4.39 Å². The molecule has 1 aromatic heterocycles. The smallest absolute Gasteiger partial charge is 0.253 e. The van der Waals surface area contributed by atoms with Gasteiger partial charge in [0.2, 0.25) is 0 Å². The average Bonchev–Trinajstić information content (AvgIpc) is 2.81. The van der Waals surface area contributed by atoms with Gasteiger partial charge in [-0.15, -0.1) is 0 Å². The monoisotopic (exact) mass is 318 g/mol. The molecule has 1 atom stereocenters. The fourth-order valence-corrected chi connectivity index (χ4v) is 2.68. The zero-order chi connectivity index (χ0) is 17.0. The van der Waals surface area contributed by atoms with E-state index in [-0.39, 0.29) is 24.2 Å². The fraction of sp³-hybridized carbons (Fsp3) is 0.389. The topological polar surface area (TPSA) is 54.3 Å². The molecule has 0 spiro atoms. The Morgan fingerprint density at radius 3 is 2.70 bits per heavy atom. The van der Waals surface area contributed by atoms with Gasteiger partial charge in [0.05, 0.1) is 11.3 Å². The summed E-state index contributed by atoms with van der Waals surface area (Å²) in [6.07, 6.45) is 0.647. The summed E-state index contributed by atoms with van der Waals surface area (Å²) in [5.41, 5.74) is 2.50. The number of aryl methyl sites for hydroxylation is 1. The highest BCUT2D eigenvalue weighted by molar-refractivity contribution is 5.95. The van der Waals surface area contributed by atoms with Crippen LogP contribution in [-0.4, -0.2) is 28.7 Å². The number of aliphatic hydroxyl groups is 1. The molecule has 0 aliphatic rings. The first kappa shape index (κ1) is 17.2. The summed E-state index contributed by atoms with van der Waals surface area (Å²) in [5, 5.41) is 11.8. The summed E-state index contributed by atoms with van der Waals surface area (Å²) in [5.74, 6) is -0.290. The van der Waals surface area contributed by atoms with Gasteiger partial charge in [-0.2, -0.15) is 0 Å². The van der Waals surface area contributed by atoms with Gasteiger partial charge < -0.3 is 15.0 Å². The van der Waals surface area contributed by atoms with Crippen molar-refractivity contribution >= 4 is 5.91 Å². The number of nitrogens with one attached hydrogen (secondary N) is 1. The number of para-hydroxylation sites is 1. The van der Waals surface area contributed by atoms with Gasteiger partial charge in [-0.3, -0.25) is 4.79 Å². The van der Waals surface area contributed by atoms with Gasteiger partial charge in [0.15, 0.2) is 0 Å². The van der Waals surface area contributed by atoms with E-state index >= 15 is 0 Å². The van der Waals surface area contributed by atoms with Crippen molar-refractivity contribution in [3.8, 4) is 5.69 Å². The number of carbonyl (C=O) groups is 1. The second-order valence-electron chi connectivity index (χ2n) is 5.90. The zero-order valence-electron chi connectivity index (χ0n) is 13.8. The highest BCUT2D eigenvalue weighted by Gasteiger charge is 2.18. The molecule has 23 heavy (non-hydrogen) atoms. The molecule has 5 heteroatoms. The average molecular weight is 318 g/mol. The molecule has 1 aromatic carbocycles. The van der Waals surface area contributed by atoms with Gasteiger partial charge in [-0.1, -0.05) is 19.1 Å². The van der Waals surface area contributed by atoms with E-state index in [1.165, 1.54) is 6.07 Å². The molecule has 4 nitrogen and oxygen atoms in total. The van der Waals surface area contributed by atoms with E-state index in [1.54, 1.807) is 28.8 Å². The number of hydrogen-bond acceptors (Lipinski definition) is 2. The minimum Gasteiger partial charge on any atom is -0.396 e. The van der Waals surface area contributed by atoms with Crippen molar-refractivity contribution in [2.75, 3.05) is 13.2 Å². The normalized spacial score (nSPS) is 12.2. The summed E-state index contributed by atoms with van der Waals surface area (Å²) in [7, 11) is 0. The Morgan fingerprint density at radius 2 is 2.04 bits per heavy atom. The van der Waals surface area contributed by atoms with Crippen LogP contribution in [0.25, 0.3) is 5.69 Å². The molecule has 0 fully saturated rings. The summed E-state index contributed by atoms with van der Waals surface area (Å²) in [6.45, 7) is 6.25. The largest absolute Gasteiger partial charge is 0.396 e. The van der Waals surface area contributed by atoms with Crippen LogP contribution in [0.4, 0.5) is 4.39 Å². The van der Waals surface area contributed by atoms with Crippen molar-refractivity contribution in [1.82, 2.24) is 9.88 Å². The Morgan fingerprint density at radius 1 is 1.35 bits per heavy atom. The highest BCUT2D eigenvalue weighted by Crippen LogP contribution is 2.22. The lowest BCUT2D eigenvalue weighted by Crippen LogP contribution is -2.29. The van der Waals surface area contributed by atoms with Crippen LogP contribution in [0, 0.1) is 25.6 Å². The van der Waals surface area contributed by atoms with E-state index in [0.29, 0.717) is 29.9 Å². The van der Waals surface area contributed by atoms with Crippen LogP contribution >= 0.6 is 0 Å². The van der Waals surface area contributed by atoms with E-state index in [2.05, 4.69) is 5.32 Å². The van der Waals surface area contributed by atoms with Crippen LogP contribution in [0.5, 0.6) is 0 Å². The van der Waals surface area contributed by atoms with Gasteiger partial charge in [0.1, 0.15) is 5.82 Å². The summed E-state index contributed by atoms with van der Waals surface area (Å²) in [4.78, 5) is 12.4. The van der Waals surface area contributed by atoms with Gasteiger partial charge in [-0.05, 0) is 44.4 Å². The molecule has 0 bridgehead atoms. The van der Waals surface area contributed by atoms with Crippen LogP contribution in [0.3, 0.4) is 0 Å². The number of rotatable bonds is 6. The molecule has 0 radical (unpaired) electrons. The highest BCUT2D eigenvalue weighted by atomic mass is 19.1. The number of benzene rings is 1. The number of nitrogens with zero attached hydrogens (tertiary/aromatic N) is 1.